The van der Waals surface area contributed by atoms with Gasteiger partial charge in [-0.3, -0.25) is 0 Å². The molecule has 1 rings (SSSR count). The summed E-state index contributed by atoms with van der Waals surface area (Å²) in [5.74, 6) is 0.331. The van der Waals surface area contributed by atoms with Crippen molar-refractivity contribution in [1.29, 1.82) is 0 Å². The standard InChI is InChI=1S/C11H15F3N4S/c1-6-7(2)17-18-10(8(6)9(15)19)16-5-3-4-11(12,13)14/h3-5H2,1-2H3,(H2,15,19)(H,16,18). The van der Waals surface area contributed by atoms with Crippen molar-refractivity contribution in [2.24, 2.45) is 5.73 Å². The zero-order chi connectivity index (χ0) is 14.6. The highest BCUT2D eigenvalue weighted by atomic mass is 32.1. The number of nitrogens with zero attached hydrogens (tertiary/aromatic N) is 2. The molecule has 106 valence electrons. The Morgan fingerprint density at radius 2 is 1.95 bits per heavy atom. The summed E-state index contributed by atoms with van der Waals surface area (Å²) in [5.41, 5.74) is 7.60. The van der Waals surface area contributed by atoms with Gasteiger partial charge in [0.05, 0.1) is 11.3 Å². The topological polar surface area (TPSA) is 63.8 Å². The smallest absolute Gasteiger partial charge is 0.389 e. The first kappa shape index (κ1) is 15.6. The van der Waals surface area contributed by atoms with Crippen LogP contribution in [-0.4, -0.2) is 27.9 Å². The lowest BCUT2D eigenvalue weighted by Crippen LogP contribution is -2.19. The van der Waals surface area contributed by atoms with Crippen molar-refractivity contribution < 1.29 is 13.2 Å². The Bertz CT molecular complexity index is 474. The van der Waals surface area contributed by atoms with E-state index in [1.165, 1.54) is 0 Å². The highest BCUT2D eigenvalue weighted by molar-refractivity contribution is 7.80. The molecule has 0 radical (unpaired) electrons. The largest absolute Gasteiger partial charge is 0.389 e. The quantitative estimate of drug-likeness (QED) is 0.645. The first-order chi connectivity index (χ1) is 8.72. The zero-order valence-corrected chi connectivity index (χ0v) is 11.5. The molecule has 19 heavy (non-hydrogen) atoms. The van der Waals surface area contributed by atoms with Gasteiger partial charge in [0, 0.05) is 13.0 Å². The molecule has 0 saturated heterocycles. The Balaban J connectivity index is 2.74. The summed E-state index contributed by atoms with van der Waals surface area (Å²) in [6, 6.07) is 0. The number of thiocarbonyl (C=S) groups is 1. The highest BCUT2D eigenvalue weighted by Crippen LogP contribution is 2.22. The van der Waals surface area contributed by atoms with E-state index in [9.17, 15) is 13.2 Å². The Kier molecular flexibility index (Phi) is 5.04. The van der Waals surface area contributed by atoms with Crippen molar-refractivity contribution in [1.82, 2.24) is 10.2 Å². The molecular weight excluding hydrogens is 277 g/mol. The van der Waals surface area contributed by atoms with Crippen LogP contribution in [0.25, 0.3) is 0 Å². The maximum atomic E-state index is 12.0. The van der Waals surface area contributed by atoms with Gasteiger partial charge in [-0.05, 0) is 25.8 Å². The monoisotopic (exact) mass is 292 g/mol. The third-order valence-corrected chi connectivity index (χ3v) is 2.83. The first-order valence-corrected chi connectivity index (χ1v) is 6.07. The average Bonchev–Trinajstić information content (AvgIpc) is 2.27. The minimum atomic E-state index is -4.15. The number of hydrogen-bond donors (Lipinski definition) is 2. The number of rotatable bonds is 5. The van der Waals surface area contributed by atoms with Crippen molar-refractivity contribution in [3.05, 3.63) is 16.8 Å². The molecule has 0 fully saturated rings. The lowest BCUT2D eigenvalue weighted by molar-refractivity contribution is -0.134. The number of anilines is 1. The van der Waals surface area contributed by atoms with Gasteiger partial charge in [-0.1, -0.05) is 12.2 Å². The van der Waals surface area contributed by atoms with E-state index in [0.717, 1.165) is 5.56 Å². The number of hydrogen-bond acceptors (Lipinski definition) is 4. The molecule has 0 spiro atoms. The van der Waals surface area contributed by atoms with E-state index in [4.69, 9.17) is 18.0 Å². The predicted molar refractivity (Wildman–Crippen MR) is 71.2 cm³/mol. The van der Waals surface area contributed by atoms with E-state index in [1.807, 2.05) is 0 Å². The van der Waals surface area contributed by atoms with E-state index >= 15 is 0 Å². The van der Waals surface area contributed by atoms with Gasteiger partial charge in [0.15, 0.2) is 5.82 Å². The van der Waals surface area contributed by atoms with Gasteiger partial charge in [0.25, 0.3) is 0 Å². The first-order valence-electron chi connectivity index (χ1n) is 5.66. The number of aryl methyl sites for hydroxylation is 1. The van der Waals surface area contributed by atoms with Crippen LogP contribution in [0.15, 0.2) is 0 Å². The summed E-state index contributed by atoms with van der Waals surface area (Å²) < 4.78 is 36.0. The van der Waals surface area contributed by atoms with Crippen LogP contribution in [0, 0.1) is 13.8 Å². The third-order valence-electron chi connectivity index (χ3n) is 2.63. The van der Waals surface area contributed by atoms with Crippen LogP contribution in [0.4, 0.5) is 19.0 Å². The summed E-state index contributed by atoms with van der Waals surface area (Å²) in [5, 5.41) is 10.6. The van der Waals surface area contributed by atoms with Crippen LogP contribution < -0.4 is 11.1 Å². The van der Waals surface area contributed by atoms with Gasteiger partial charge in [-0.15, -0.1) is 5.10 Å². The van der Waals surface area contributed by atoms with E-state index in [2.05, 4.69) is 15.5 Å². The molecule has 0 aliphatic carbocycles. The molecule has 0 aliphatic heterocycles. The van der Waals surface area contributed by atoms with E-state index in [0.29, 0.717) is 17.1 Å². The predicted octanol–water partition coefficient (Wildman–Crippen LogP) is 2.48. The minimum absolute atomic E-state index is 0.0467. The summed E-state index contributed by atoms with van der Waals surface area (Å²) in [7, 11) is 0. The molecule has 0 amide bonds. The highest BCUT2D eigenvalue weighted by Gasteiger charge is 2.26. The van der Waals surface area contributed by atoms with E-state index in [-0.39, 0.29) is 18.0 Å². The van der Waals surface area contributed by atoms with Crippen LogP contribution in [0.3, 0.4) is 0 Å². The second-order valence-corrected chi connectivity index (χ2v) is 4.58. The van der Waals surface area contributed by atoms with Gasteiger partial charge >= 0.3 is 6.18 Å². The lowest BCUT2D eigenvalue weighted by atomic mass is 10.1. The molecule has 4 nitrogen and oxygen atoms in total. The molecule has 1 aromatic heterocycles. The van der Waals surface area contributed by atoms with Crippen LogP contribution in [0.5, 0.6) is 0 Å². The molecule has 0 aromatic carbocycles. The minimum Gasteiger partial charge on any atom is -0.389 e. The average molecular weight is 292 g/mol. The fraction of sp³-hybridized carbons (Fsp3) is 0.545. The number of halogens is 3. The molecule has 1 heterocycles. The van der Waals surface area contributed by atoms with Crippen LogP contribution in [0.2, 0.25) is 0 Å². The maximum Gasteiger partial charge on any atom is 0.389 e. The van der Waals surface area contributed by atoms with Crippen molar-refractivity contribution in [3.63, 3.8) is 0 Å². The van der Waals surface area contributed by atoms with Crippen molar-refractivity contribution >= 4 is 23.0 Å². The zero-order valence-electron chi connectivity index (χ0n) is 10.6. The van der Waals surface area contributed by atoms with Crippen molar-refractivity contribution in [3.8, 4) is 0 Å². The Labute approximate surface area is 114 Å². The molecule has 8 heteroatoms. The molecule has 0 unspecified atom stereocenters. The lowest BCUT2D eigenvalue weighted by Gasteiger charge is -2.13. The molecule has 0 aliphatic rings. The van der Waals surface area contributed by atoms with E-state index < -0.39 is 12.6 Å². The van der Waals surface area contributed by atoms with Crippen molar-refractivity contribution in [2.45, 2.75) is 32.9 Å². The molecule has 3 N–H and O–H groups in total. The normalized spacial score (nSPS) is 11.4. The summed E-state index contributed by atoms with van der Waals surface area (Å²) >= 11 is 4.92. The SMILES string of the molecule is Cc1nnc(NCCCC(F)(F)F)c(C(N)=S)c1C. The summed E-state index contributed by atoms with van der Waals surface area (Å²) in [6.45, 7) is 3.68. The molecule has 1 aromatic rings. The Hall–Kier alpha value is -1.44. The molecule has 0 bridgehead atoms. The fourth-order valence-corrected chi connectivity index (χ4v) is 1.78. The number of alkyl halides is 3. The second kappa shape index (κ2) is 6.14. The van der Waals surface area contributed by atoms with Crippen LogP contribution in [-0.2, 0) is 0 Å². The van der Waals surface area contributed by atoms with Crippen LogP contribution in [0.1, 0.15) is 29.7 Å². The van der Waals surface area contributed by atoms with Gasteiger partial charge in [0.1, 0.15) is 4.99 Å². The number of nitrogens with one attached hydrogen (secondary N) is 1. The third kappa shape index (κ3) is 4.62. The molecular formula is C11H15F3N4S. The summed E-state index contributed by atoms with van der Waals surface area (Å²) in [4.78, 5) is 0.147. The van der Waals surface area contributed by atoms with Gasteiger partial charge in [0.2, 0.25) is 0 Å². The number of nitrogens with two attached hydrogens (primary N) is 1. The van der Waals surface area contributed by atoms with Gasteiger partial charge in [-0.25, -0.2) is 0 Å². The van der Waals surface area contributed by atoms with Crippen LogP contribution >= 0.6 is 12.2 Å². The summed E-state index contributed by atoms with van der Waals surface area (Å²) in [6.07, 6.45) is -5.04. The van der Waals surface area contributed by atoms with E-state index in [1.54, 1.807) is 13.8 Å². The maximum absolute atomic E-state index is 12.0. The Morgan fingerprint density at radius 3 is 2.47 bits per heavy atom. The van der Waals surface area contributed by atoms with Gasteiger partial charge < -0.3 is 11.1 Å². The molecule has 0 atom stereocenters. The second-order valence-electron chi connectivity index (χ2n) is 4.14. The number of aromatic nitrogens is 2. The van der Waals surface area contributed by atoms with Crippen molar-refractivity contribution in [2.75, 3.05) is 11.9 Å². The van der Waals surface area contributed by atoms with Gasteiger partial charge in [-0.2, -0.15) is 18.3 Å². The molecule has 0 saturated carbocycles. The fourth-order valence-electron chi connectivity index (χ4n) is 1.53. The Morgan fingerprint density at radius 1 is 1.32 bits per heavy atom.